The van der Waals surface area contributed by atoms with E-state index >= 15 is 0 Å². The molecule has 0 radical (unpaired) electrons. The predicted octanol–water partition coefficient (Wildman–Crippen LogP) is 0.0559. The minimum Gasteiger partial charge on any atom is -0.385 e. The van der Waals surface area contributed by atoms with Gasteiger partial charge in [0.2, 0.25) is 0 Å². The SMILES string of the molecule is COCCCN1CC[C@@H](N)C1. The number of ether oxygens (including phenoxy) is 1. The normalized spacial score (nSPS) is 26.2. The molecule has 1 atom stereocenters. The third-order valence-electron chi connectivity index (χ3n) is 2.13. The summed E-state index contributed by atoms with van der Waals surface area (Å²) in [7, 11) is 1.75. The minimum absolute atomic E-state index is 0.414. The van der Waals surface area contributed by atoms with E-state index < -0.39 is 0 Å². The fourth-order valence-corrected chi connectivity index (χ4v) is 1.50. The molecule has 66 valence electrons. The van der Waals surface area contributed by atoms with Gasteiger partial charge in [0.25, 0.3) is 0 Å². The smallest absolute Gasteiger partial charge is 0.0474 e. The lowest BCUT2D eigenvalue weighted by Gasteiger charge is -2.13. The van der Waals surface area contributed by atoms with E-state index in [0.717, 1.165) is 32.5 Å². The molecule has 1 rings (SSSR count). The Morgan fingerprint density at radius 1 is 1.64 bits per heavy atom. The summed E-state index contributed by atoms with van der Waals surface area (Å²) in [6.45, 7) is 4.25. The highest BCUT2D eigenvalue weighted by Gasteiger charge is 2.17. The lowest BCUT2D eigenvalue weighted by Crippen LogP contribution is -2.27. The lowest BCUT2D eigenvalue weighted by atomic mass is 10.3. The zero-order chi connectivity index (χ0) is 8.10. The fraction of sp³-hybridized carbons (Fsp3) is 1.00. The van der Waals surface area contributed by atoms with Crippen LogP contribution in [0.15, 0.2) is 0 Å². The van der Waals surface area contributed by atoms with Crippen molar-refractivity contribution >= 4 is 0 Å². The van der Waals surface area contributed by atoms with Gasteiger partial charge in [-0.1, -0.05) is 0 Å². The number of rotatable bonds is 4. The summed E-state index contributed by atoms with van der Waals surface area (Å²) in [5, 5.41) is 0. The van der Waals surface area contributed by atoms with Gasteiger partial charge in [0, 0.05) is 32.8 Å². The molecule has 0 aromatic carbocycles. The largest absolute Gasteiger partial charge is 0.385 e. The van der Waals surface area contributed by atoms with Gasteiger partial charge >= 0.3 is 0 Å². The Balaban J connectivity index is 1.99. The summed E-state index contributed by atoms with van der Waals surface area (Å²) in [5.41, 5.74) is 5.76. The van der Waals surface area contributed by atoms with Crippen LogP contribution in [-0.2, 0) is 4.74 Å². The third-order valence-corrected chi connectivity index (χ3v) is 2.13. The minimum atomic E-state index is 0.414. The van der Waals surface area contributed by atoms with Crippen LogP contribution in [0.4, 0.5) is 0 Å². The van der Waals surface area contributed by atoms with Crippen LogP contribution in [0.2, 0.25) is 0 Å². The number of hydrogen-bond acceptors (Lipinski definition) is 3. The van der Waals surface area contributed by atoms with Crippen molar-refractivity contribution in [2.45, 2.75) is 18.9 Å². The molecule has 1 aliphatic rings. The van der Waals surface area contributed by atoms with E-state index in [1.807, 2.05) is 0 Å². The molecule has 0 aromatic rings. The highest BCUT2D eigenvalue weighted by atomic mass is 16.5. The van der Waals surface area contributed by atoms with Gasteiger partial charge in [0.05, 0.1) is 0 Å². The van der Waals surface area contributed by atoms with Gasteiger partial charge in [-0.2, -0.15) is 0 Å². The first kappa shape index (κ1) is 8.97. The quantitative estimate of drug-likeness (QED) is 0.588. The molecule has 0 amide bonds. The average Bonchev–Trinajstić information content (AvgIpc) is 2.37. The van der Waals surface area contributed by atoms with Crippen LogP contribution in [0.3, 0.4) is 0 Å². The Labute approximate surface area is 68.5 Å². The van der Waals surface area contributed by atoms with Crippen LogP contribution < -0.4 is 5.73 Å². The Morgan fingerprint density at radius 2 is 2.45 bits per heavy atom. The maximum Gasteiger partial charge on any atom is 0.0474 e. The van der Waals surface area contributed by atoms with Crippen molar-refractivity contribution in [1.82, 2.24) is 4.90 Å². The van der Waals surface area contributed by atoms with Crippen molar-refractivity contribution in [1.29, 1.82) is 0 Å². The van der Waals surface area contributed by atoms with Gasteiger partial charge < -0.3 is 15.4 Å². The van der Waals surface area contributed by atoms with E-state index in [2.05, 4.69) is 4.90 Å². The highest BCUT2D eigenvalue weighted by molar-refractivity contribution is 4.77. The van der Waals surface area contributed by atoms with E-state index in [-0.39, 0.29) is 0 Å². The second kappa shape index (κ2) is 4.70. The number of nitrogens with two attached hydrogens (primary N) is 1. The number of hydrogen-bond donors (Lipinski definition) is 1. The molecule has 1 fully saturated rings. The maximum absolute atomic E-state index is 5.76. The molecule has 2 N–H and O–H groups in total. The number of methoxy groups -OCH3 is 1. The van der Waals surface area contributed by atoms with Crippen LogP contribution in [0, 0.1) is 0 Å². The van der Waals surface area contributed by atoms with Crippen molar-refractivity contribution < 1.29 is 4.74 Å². The van der Waals surface area contributed by atoms with Gasteiger partial charge in [-0.05, 0) is 19.4 Å². The molecule has 3 heteroatoms. The molecule has 0 unspecified atom stereocenters. The molecule has 0 aliphatic carbocycles. The van der Waals surface area contributed by atoms with Crippen molar-refractivity contribution in [2.75, 3.05) is 33.4 Å². The van der Waals surface area contributed by atoms with E-state index in [9.17, 15) is 0 Å². The molecule has 1 saturated heterocycles. The van der Waals surface area contributed by atoms with E-state index in [4.69, 9.17) is 10.5 Å². The van der Waals surface area contributed by atoms with Crippen molar-refractivity contribution in [3.63, 3.8) is 0 Å². The van der Waals surface area contributed by atoms with Crippen LogP contribution in [0.25, 0.3) is 0 Å². The summed E-state index contributed by atoms with van der Waals surface area (Å²) in [6, 6.07) is 0.414. The second-order valence-electron chi connectivity index (χ2n) is 3.20. The molecular formula is C8H18N2O. The van der Waals surface area contributed by atoms with Gasteiger partial charge in [-0.3, -0.25) is 0 Å². The molecule has 0 spiro atoms. The molecule has 3 nitrogen and oxygen atoms in total. The standard InChI is InChI=1S/C8H18N2O/c1-11-6-2-4-10-5-3-8(9)7-10/h8H,2-7,9H2,1H3/t8-/m1/s1. The van der Waals surface area contributed by atoms with E-state index in [0.29, 0.717) is 6.04 Å². The molecule has 1 heterocycles. The molecule has 0 bridgehead atoms. The van der Waals surface area contributed by atoms with Crippen LogP contribution in [-0.4, -0.2) is 44.3 Å². The number of nitrogens with zero attached hydrogens (tertiary/aromatic N) is 1. The molecule has 11 heavy (non-hydrogen) atoms. The van der Waals surface area contributed by atoms with E-state index in [1.54, 1.807) is 7.11 Å². The second-order valence-corrected chi connectivity index (χ2v) is 3.20. The highest BCUT2D eigenvalue weighted by Crippen LogP contribution is 2.06. The maximum atomic E-state index is 5.76. The Hall–Kier alpha value is -0.120. The Kier molecular flexibility index (Phi) is 3.83. The van der Waals surface area contributed by atoms with Crippen LogP contribution in [0.1, 0.15) is 12.8 Å². The fourth-order valence-electron chi connectivity index (χ4n) is 1.50. The molecule has 0 saturated carbocycles. The first-order valence-electron chi connectivity index (χ1n) is 4.30. The van der Waals surface area contributed by atoms with Crippen molar-refractivity contribution in [3.8, 4) is 0 Å². The van der Waals surface area contributed by atoms with Crippen molar-refractivity contribution in [3.05, 3.63) is 0 Å². The van der Waals surface area contributed by atoms with Gasteiger partial charge in [-0.15, -0.1) is 0 Å². The molecular weight excluding hydrogens is 140 g/mol. The summed E-state index contributed by atoms with van der Waals surface area (Å²) < 4.78 is 4.97. The summed E-state index contributed by atoms with van der Waals surface area (Å²) in [5.74, 6) is 0. The van der Waals surface area contributed by atoms with Crippen LogP contribution in [0.5, 0.6) is 0 Å². The van der Waals surface area contributed by atoms with Gasteiger partial charge in [-0.25, -0.2) is 0 Å². The Morgan fingerprint density at radius 3 is 3.00 bits per heavy atom. The molecule has 0 aromatic heterocycles. The predicted molar refractivity (Wildman–Crippen MR) is 45.5 cm³/mol. The summed E-state index contributed by atoms with van der Waals surface area (Å²) >= 11 is 0. The first-order chi connectivity index (χ1) is 5.33. The topological polar surface area (TPSA) is 38.5 Å². The average molecular weight is 158 g/mol. The van der Waals surface area contributed by atoms with Crippen LogP contribution >= 0.6 is 0 Å². The zero-order valence-electron chi connectivity index (χ0n) is 7.25. The lowest BCUT2D eigenvalue weighted by molar-refractivity contribution is 0.179. The monoisotopic (exact) mass is 158 g/mol. The number of likely N-dealkylation sites (tertiary alicyclic amines) is 1. The third kappa shape index (κ3) is 3.18. The summed E-state index contributed by atoms with van der Waals surface area (Å²) in [4.78, 5) is 2.41. The summed E-state index contributed by atoms with van der Waals surface area (Å²) in [6.07, 6.45) is 2.29. The molecule has 1 aliphatic heterocycles. The van der Waals surface area contributed by atoms with Gasteiger partial charge in [0.15, 0.2) is 0 Å². The van der Waals surface area contributed by atoms with E-state index in [1.165, 1.54) is 6.54 Å². The zero-order valence-corrected chi connectivity index (χ0v) is 7.25. The Bertz CT molecular complexity index is 108. The van der Waals surface area contributed by atoms with Gasteiger partial charge in [0.1, 0.15) is 0 Å². The van der Waals surface area contributed by atoms with Crippen molar-refractivity contribution in [2.24, 2.45) is 5.73 Å². The first-order valence-corrected chi connectivity index (χ1v) is 4.30.